The lowest BCUT2D eigenvalue weighted by atomic mass is 9.93. The number of H-pyrrole nitrogens is 2. The van der Waals surface area contributed by atoms with Crippen LogP contribution >= 0.6 is 15.9 Å². The first-order chi connectivity index (χ1) is 7.72. The van der Waals surface area contributed by atoms with E-state index < -0.39 is 0 Å². The summed E-state index contributed by atoms with van der Waals surface area (Å²) >= 11 is 3.51. The SMILES string of the molecule is O=c1[nH]c2cc(Br)c(NC3CCC3)cc2[nH]1. The lowest BCUT2D eigenvalue weighted by Gasteiger charge is -2.28. The smallest absolute Gasteiger partial charge is 0.323 e. The van der Waals surface area contributed by atoms with Crippen LogP contribution in [0.25, 0.3) is 11.0 Å². The van der Waals surface area contributed by atoms with Crippen LogP contribution < -0.4 is 11.0 Å². The summed E-state index contributed by atoms with van der Waals surface area (Å²) in [5.74, 6) is 0. The van der Waals surface area contributed by atoms with Gasteiger partial charge in [-0.05, 0) is 47.3 Å². The molecule has 1 saturated carbocycles. The van der Waals surface area contributed by atoms with Gasteiger partial charge in [0.2, 0.25) is 0 Å². The van der Waals surface area contributed by atoms with Crippen molar-refractivity contribution < 1.29 is 0 Å². The second kappa shape index (κ2) is 3.66. The zero-order valence-corrected chi connectivity index (χ0v) is 10.2. The van der Waals surface area contributed by atoms with Crippen molar-refractivity contribution in [2.24, 2.45) is 0 Å². The molecule has 1 aliphatic carbocycles. The molecule has 1 aromatic carbocycles. The van der Waals surface area contributed by atoms with E-state index in [4.69, 9.17) is 0 Å². The van der Waals surface area contributed by atoms with E-state index in [9.17, 15) is 4.79 Å². The van der Waals surface area contributed by atoms with E-state index in [1.165, 1.54) is 19.3 Å². The normalized spacial score (nSPS) is 16.3. The maximum absolute atomic E-state index is 11.2. The number of rotatable bonds is 2. The zero-order chi connectivity index (χ0) is 11.1. The summed E-state index contributed by atoms with van der Waals surface area (Å²) in [5.41, 5.74) is 2.56. The Kier molecular flexibility index (Phi) is 2.28. The summed E-state index contributed by atoms with van der Waals surface area (Å²) in [7, 11) is 0. The van der Waals surface area contributed by atoms with E-state index in [0.717, 1.165) is 21.2 Å². The summed E-state index contributed by atoms with van der Waals surface area (Å²) in [6, 6.07) is 4.48. The summed E-state index contributed by atoms with van der Waals surface area (Å²) in [5, 5.41) is 3.47. The lowest BCUT2D eigenvalue weighted by Crippen LogP contribution is -2.27. The number of anilines is 1. The third-order valence-corrected chi connectivity index (χ3v) is 3.72. The van der Waals surface area contributed by atoms with Crippen molar-refractivity contribution in [3.05, 3.63) is 27.1 Å². The molecule has 1 heterocycles. The highest BCUT2D eigenvalue weighted by Gasteiger charge is 2.18. The third-order valence-electron chi connectivity index (χ3n) is 3.07. The van der Waals surface area contributed by atoms with Crippen molar-refractivity contribution in [3.63, 3.8) is 0 Å². The van der Waals surface area contributed by atoms with Crippen LogP contribution in [0.4, 0.5) is 5.69 Å². The molecule has 0 aliphatic heterocycles. The van der Waals surface area contributed by atoms with Crippen LogP contribution in [-0.4, -0.2) is 16.0 Å². The molecule has 1 aliphatic rings. The topological polar surface area (TPSA) is 60.7 Å². The molecule has 0 spiro atoms. The Morgan fingerprint density at radius 2 is 1.94 bits per heavy atom. The maximum atomic E-state index is 11.2. The van der Waals surface area contributed by atoms with E-state index in [0.29, 0.717) is 6.04 Å². The van der Waals surface area contributed by atoms with E-state index in [1.54, 1.807) is 0 Å². The number of hydrogen-bond donors (Lipinski definition) is 3. The van der Waals surface area contributed by atoms with Gasteiger partial charge < -0.3 is 15.3 Å². The summed E-state index contributed by atoms with van der Waals surface area (Å²) < 4.78 is 0.988. The minimum atomic E-state index is -0.164. The molecule has 1 fully saturated rings. The van der Waals surface area contributed by atoms with Gasteiger partial charge in [-0.3, -0.25) is 0 Å². The molecule has 84 valence electrons. The number of nitrogens with one attached hydrogen (secondary N) is 3. The molecule has 0 bridgehead atoms. The predicted octanol–water partition coefficient (Wildman–Crippen LogP) is 2.58. The Morgan fingerprint density at radius 1 is 1.25 bits per heavy atom. The van der Waals surface area contributed by atoms with Gasteiger partial charge in [-0.1, -0.05) is 0 Å². The molecule has 5 heteroatoms. The summed E-state index contributed by atoms with van der Waals surface area (Å²) in [6.07, 6.45) is 3.76. The first kappa shape index (κ1) is 9.96. The Labute approximate surface area is 101 Å². The molecule has 0 unspecified atom stereocenters. The van der Waals surface area contributed by atoms with E-state index >= 15 is 0 Å². The van der Waals surface area contributed by atoms with Crippen LogP contribution in [-0.2, 0) is 0 Å². The van der Waals surface area contributed by atoms with Gasteiger partial charge in [0, 0.05) is 10.5 Å². The summed E-state index contributed by atoms with van der Waals surface area (Å²) in [4.78, 5) is 16.7. The van der Waals surface area contributed by atoms with Crippen LogP contribution in [0.5, 0.6) is 0 Å². The van der Waals surface area contributed by atoms with Crippen LogP contribution in [0.15, 0.2) is 21.4 Å². The number of aromatic amines is 2. The largest absolute Gasteiger partial charge is 0.381 e. The van der Waals surface area contributed by atoms with Gasteiger partial charge in [-0.2, -0.15) is 0 Å². The molecule has 3 rings (SSSR count). The van der Waals surface area contributed by atoms with Crippen molar-refractivity contribution in [2.75, 3.05) is 5.32 Å². The van der Waals surface area contributed by atoms with Crippen molar-refractivity contribution in [3.8, 4) is 0 Å². The molecule has 16 heavy (non-hydrogen) atoms. The predicted molar refractivity (Wildman–Crippen MR) is 67.9 cm³/mol. The molecule has 0 saturated heterocycles. The number of imidazole rings is 1. The fourth-order valence-electron chi connectivity index (χ4n) is 1.94. The van der Waals surface area contributed by atoms with Crippen LogP contribution in [0.3, 0.4) is 0 Å². The average Bonchev–Trinajstić information content (AvgIpc) is 2.50. The van der Waals surface area contributed by atoms with Gasteiger partial charge >= 0.3 is 5.69 Å². The Balaban J connectivity index is 2.02. The molecule has 1 aromatic heterocycles. The van der Waals surface area contributed by atoms with Gasteiger partial charge in [0.1, 0.15) is 0 Å². The lowest BCUT2D eigenvalue weighted by molar-refractivity contribution is 0.445. The quantitative estimate of drug-likeness (QED) is 0.792. The molecular formula is C11H12BrN3O. The van der Waals surface area contributed by atoms with Gasteiger partial charge in [0.05, 0.1) is 16.7 Å². The highest BCUT2D eigenvalue weighted by atomic mass is 79.9. The number of fused-ring (bicyclic) bond motifs is 1. The Hall–Kier alpha value is -1.23. The number of aromatic nitrogens is 2. The summed E-state index contributed by atoms with van der Waals surface area (Å²) in [6.45, 7) is 0. The van der Waals surface area contributed by atoms with Crippen molar-refractivity contribution in [2.45, 2.75) is 25.3 Å². The van der Waals surface area contributed by atoms with Gasteiger partial charge in [0.15, 0.2) is 0 Å². The molecule has 0 amide bonds. The molecule has 2 aromatic rings. The van der Waals surface area contributed by atoms with E-state index in [-0.39, 0.29) is 5.69 Å². The first-order valence-corrected chi connectivity index (χ1v) is 6.20. The number of benzene rings is 1. The number of hydrogen-bond acceptors (Lipinski definition) is 2. The van der Waals surface area contributed by atoms with Crippen LogP contribution in [0.2, 0.25) is 0 Å². The fourth-order valence-corrected chi connectivity index (χ4v) is 2.40. The molecule has 0 radical (unpaired) electrons. The maximum Gasteiger partial charge on any atom is 0.323 e. The van der Waals surface area contributed by atoms with Gasteiger partial charge in [-0.25, -0.2) is 4.79 Å². The van der Waals surface area contributed by atoms with Crippen molar-refractivity contribution in [1.82, 2.24) is 9.97 Å². The molecular weight excluding hydrogens is 270 g/mol. The Morgan fingerprint density at radius 3 is 2.56 bits per heavy atom. The van der Waals surface area contributed by atoms with Crippen molar-refractivity contribution >= 4 is 32.7 Å². The van der Waals surface area contributed by atoms with Crippen LogP contribution in [0, 0.1) is 0 Å². The second-order valence-corrected chi connectivity index (χ2v) is 5.08. The fraction of sp³-hybridized carbons (Fsp3) is 0.364. The molecule has 4 nitrogen and oxygen atoms in total. The number of halogens is 1. The van der Waals surface area contributed by atoms with E-state index in [2.05, 4.69) is 31.2 Å². The molecule has 0 atom stereocenters. The second-order valence-electron chi connectivity index (χ2n) is 4.23. The minimum Gasteiger partial charge on any atom is -0.381 e. The average molecular weight is 282 g/mol. The zero-order valence-electron chi connectivity index (χ0n) is 8.64. The van der Waals surface area contributed by atoms with Gasteiger partial charge in [0.25, 0.3) is 0 Å². The standard InChI is InChI=1S/C11H12BrN3O/c12-7-4-9-10(15-11(16)14-9)5-8(7)13-6-2-1-3-6/h4-6,13H,1-3H2,(H2,14,15,16). The minimum absolute atomic E-state index is 0.164. The molecule has 3 N–H and O–H groups in total. The first-order valence-electron chi connectivity index (χ1n) is 5.40. The highest BCUT2D eigenvalue weighted by Crippen LogP contribution is 2.30. The Bertz CT molecular complexity index is 582. The monoisotopic (exact) mass is 281 g/mol. The van der Waals surface area contributed by atoms with Crippen LogP contribution in [0.1, 0.15) is 19.3 Å². The van der Waals surface area contributed by atoms with Crippen molar-refractivity contribution in [1.29, 1.82) is 0 Å². The van der Waals surface area contributed by atoms with E-state index in [1.807, 2.05) is 12.1 Å². The third kappa shape index (κ3) is 1.65. The van der Waals surface area contributed by atoms with Gasteiger partial charge in [-0.15, -0.1) is 0 Å². The highest BCUT2D eigenvalue weighted by molar-refractivity contribution is 9.10.